The normalized spacial score (nSPS) is 16.0. The number of rotatable bonds is 2. The Balaban J connectivity index is 0.00000144. The third-order valence-electron chi connectivity index (χ3n) is 2.11. The first kappa shape index (κ1) is 15.3. The number of thiol groups is 2. The molecule has 0 spiro atoms. The summed E-state index contributed by atoms with van der Waals surface area (Å²) in [5, 5.41) is 4.07. The molecule has 17 heavy (non-hydrogen) atoms. The van der Waals surface area contributed by atoms with Crippen molar-refractivity contribution in [1.82, 2.24) is 0 Å². The van der Waals surface area contributed by atoms with Crippen LogP contribution in [0.15, 0.2) is 55.9 Å². The van der Waals surface area contributed by atoms with Crippen molar-refractivity contribution in [2.45, 2.75) is 14.7 Å². The molecule has 1 aliphatic heterocycles. The van der Waals surface area contributed by atoms with E-state index in [1.54, 1.807) is 12.1 Å². The van der Waals surface area contributed by atoms with Crippen LogP contribution in [0, 0.1) is 0 Å². The summed E-state index contributed by atoms with van der Waals surface area (Å²) < 4.78 is 22.4. The Bertz CT molecular complexity index is 569. The van der Waals surface area contributed by atoms with Crippen LogP contribution in [0.3, 0.4) is 0 Å². The van der Waals surface area contributed by atoms with E-state index in [0.717, 1.165) is 9.79 Å². The first-order valence-corrected chi connectivity index (χ1v) is 8.63. The summed E-state index contributed by atoms with van der Waals surface area (Å²) in [7, 11) is 1.05. The van der Waals surface area contributed by atoms with Crippen LogP contribution in [-0.4, -0.2) is 8.42 Å². The molecule has 1 aromatic carbocycles. The second kappa shape index (κ2) is 5.94. The smallest absolute Gasteiger partial charge is 0.207 e. The second-order valence-electron chi connectivity index (χ2n) is 3.18. The minimum Gasteiger partial charge on any atom is -0.207 e. The van der Waals surface area contributed by atoms with Gasteiger partial charge in [0.15, 0.2) is 0 Å². The fraction of sp³-hybridized carbons (Fsp3) is 0. The molecule has 88 valence electrons. The molecule has 2 nitrogen and oxygen atoms in total. The average molecular weight is 358 g/mol. The minimum atomic E-state index is -3.67. The Morgan fingerprint density at radius 2 is 1.76 bits per heavy atom. The summed E-state index contributed by atoms with van der Waals surface area (Å²) in [4.78, 5) is 1.81. The molecule has 0 aromatic heterocycles. The van der Waals surface area contributed by atoms with Crippen molar-refractivity contribution < 1.29 is 27.9 Å². The molecule has 1 aliphatic rings. The molecule has 2 rings (SSSR count). The van der Waals surface area contributed by atoms with Crippen molar-refractivity contribution in [3.8, 4) is 0 Å². The van der Waals surface area contributed by atoms with Gasteiger partial charge in [-0.2, -0.15) is 10.9 Å². The molecule has 0 bridgehead atoms. The van der Waals surface area contributed by atoms with Crippen LogP contribution in [-0.2, 0) is 28.5 Å². The van der Waals surface area contributed by atoms with Crippen LogP contribution in [0.4, 0.5) is 0 Å². The number of benzene rings is 1. The van der Waals surface area contributed by atoms with Crippen LogP contribution < -0.4 is 0 Å². The molecule has 7 heteroatoms. The van der Waals surface area contributed by atoms with Gasteiger partial charge in [-0.3, -0.25) is 0 Å². The predicted molar refractivity (Wildman–Crippen MR) is 72.3 cm³/mol. The summed E-state index contributed by atoms with van der Waals surface area (Å²) in [6.07, 6.45) is 3.89. The zero-order valence-corrected chi connectivity index (χ0v) is 15.1. The standard InChI is InChI=1S/C10H9ClO2S3.Zn/c11-16(12,13)8-3-4-9(14)10(7-8)15-5-1-2-6-15;/h1-7,14-15H;. The van der Waals surface area contributed by atoms with E-state index in [1.807, 2.05) is 23.0 Å². The first-order chi connectivity index (χ1) is 7.48. The van der Waals surface area contributed by atoms with Crippen molar-refractivity contribution in [2.75, 3.05) is 0 Å². The van der Waals surface area contributed by atoms with Crippen molar-refractivity contribution in [2.24, 2.45) is 0 Å². The van der Waals surface area contributed by atoms with E-state index in [-0.39, 0.29) is 24.4 Å². The van der Waals surface area contributed by atoms with Crippen LogP contribution in [0.25, 0.3) is 0 Å². The Labute approximate surface area is 126 Å². The van der Waals surface area contributed by atoms with Gasteiger partial charge >= 0.3 is 0 Å². The van der Waals surface area contributed by atoms with Gasteiger partial charge in [0.1, 0.15) is 0 Å². The molecule has 0 radical (unpaired) electrons. The number of halogens is 1. The maximum atomic E-state index is 11.2. The van der Waals surface area contributed by atoms with E-state index in [2.05, 4.69) is 12.6 Å². The van der Waals surface area contributed by atoms with Gasteiger partial charge in [0.2, 0.25) is 0 Å². The Morgan fingerprint density at radius 3 is 2.29 bits per heavy atom. The summed E-state index contributed by atoms with van der Waals surface area (Å²) >= 11 is 4.33. The van der Waals surface area contributed by atoms with Gasteiger partial charge in [0.25, 0.3) is 9.05 Å². The van der Waals surface area contributed by atoms with E-state index < -0.39 is 19.9 Å². The monoisotopic (exact) mass is 356 g/mol. The van der Waals surface area contributed by atoms with Crippen molar-refractivity contribution >= 4 is 43.3 Å². The molecule has 0 aliphatic carbocycles. The van der Waals surface area contributed by atoms with Crippen LogP contribution in [0.5, 0.6) is 0 Å². The summed E-state index contributed by atoms with van der Waals surface area (Å²) in [5.74, 6) is 0. The van der Waals surface area contributed by atoms with E-state index in [1.165, 1.54) is 6.07 Å². The quantitative estimate of drug-likeness (QED) is 0.483. The van der Waals surface area contributed by atoms with Gasteiger partial charge < -0.3 is 0 Å². The number of allylic oxidation sites excluding steroid dienone is 2. The first-order valence-electron chi connectivity index (χ1n) is 4.39. The van der Waals surface area contributed by atoms with Gasteiger partial charge in [-0.1, -0.05) is 12.2 Å². The molecular weight excluding hydrogens is 349 g/mol. The molecule has 0 N–H and O–H groups in total. The van der Waals surface area contributed by atoms with Crippen molar-refractivity contribution in [3.05, 3.63) is 41.2 Å². The van der Waals surface area contributed by atoms with E-state index >= 15 is 0 Å². The third-order valence-corrected chi connectivity index (χ3v) is 5.94. The maximum Gasteiger partial charge on any atom is 0.261 e. The van der Waals surface area contributed by atoms with E-state index in [9.17, 15) is 8.42 Å². The summed E-state index contributed by atoms with van der Waals surface area (Å²) in [6.45, 7) is 0. The minimum absolute atomic E-state index is 0. The van der Waals surface area contributed by atoms with Gasteiger partial charge in [0, 0.05) is 40.0 Å². The van der Waals surface area contributed by atoms with Gasteiger partial charge in [-0.25, -0.2) is 8.42 Å². The third kappa shape index (κ3) is 3.61. The molecular formula is C10H9ClO2S3Zn. The van der Waals surface area contributed by atoms with E-state index in [4.69, 9.17) is 10.7 Å². The molecule has 1 heterocycles. The fourth-order valence-electron chi connectivity index (χ4n) is 1.36. The maximum absolute atomic E-state index is 11.2. The molecule has 0 atom stereocenters. The Hall–Kier alpha value is 0.263. The van der Waals surface area contributed by atoms with Crippen LogP contribution >= 0.6 is 34.2 Å². The molecule has 0 amide bonds. The Kier molecular flexibility index (Phi) is 5.35. The average Bonchev–Trinajstić information content (AvgIpc) is 2.69. The van der Waals surface area contributed by atoms with Gasteiger partial charge in [-0.05, 0) is 29.0 Å². The number of hydrogen-bond acceptors (Lipinski definition) is 3. The largest absolute Gasteiger partial charge is 0.261 e. The van der Waals surface area contributed by atoms with E-state index in [0.29, 0.717) is 0 Å². The molecule has 0 fully saturated rings. The topological polar surface area (TPSA) is 34.1 Å². The van der Waals surface area contributed by atoms with Crippen LogP contribution in [0.1, 0.15) is 0 Å². The molecule has 1 aromatic rings. The zero-order chi connectivity index (χ0) is 11.8. The van der Waals surface area contributed by atoms with Crippen LogP contribution in [0.2, 0.25) is 0 Å². The SMILES string of the molecule is O=S(=O)(Cl)c1ccc(S)c([SH]2C=CC=C2)c1.[Zn]. The zero-order valence-electron chi connectivity index (χ0n) is 8.75. The van der Waals surface area contributed by atoms with Crippen molar-refractivity contribution in [1.29, 1.82) is 0 Å². The Morgan fingerprint density at radius 1 is 1.18 bits per heavy atom. The second-order valence-corrected chi connectivity index (χ2v) is 8.12. The summed E-state index contributed by atoms with van der Waals surface area (Å²) in [5.41, 5.74) is 0. The summed E-state index contributed by atoms with van der Waals surface area (Å²) in [6, 6.07) is 4.72. The van der Waals surface area contributed by atoms with Gasteiger partial charge in [0.05, 0.1) is 4.90 Å². The number of hydrogen-bond donors (Lipinski definition) is 2. The van der Waals surface area contributed by atoms with Gasteiger partial charge in [-0.15, -0.1) is 12.6 Å². The molecule has 0 saturated carbocycles. The fourth-order valence-corrected chi connectivity index (χ4v) is 4.32. The molecule has 0 unspecified atom stereocenters. The molecule has 0 saturated heterocycles. The van der Waals surface area contributed by atoms with Crippen molar-refractivity contribution in [3.63, 3.8) is 0 Å². The predicted octanol–water partition coefficient (Wildman–Crippen LogP) is 3.30.